The van der Waals surface area contributed by atoms with Crippen LogP contribution in [0.4, 0.5) is 5.69 Å². The number of nitriles is 1. The van der Waals surface area contributed by atoms with E-state index in [1.165, 1.54) is 30.3 Å². The molecule has 0 amide bonds. The minimum absolute atomic E-state index is 0.0491. The molecule has 2 aromatic rings. The van der Waals surface area contributed by atoms with Gasteiger partial charge in [-0.1, -0.05) is 12.1 Å². The number of anilines is 1. The minimum Gasteiger partial charge on any atom is -0.298 e. The first-order valence-corrected chi connectivity index (χ1v) is 7.12. The van der Waals surface area contributed by atoms with Crippen LogP contribution in [-0.2, 0) is 10.0 Å². The summed E-state index contributed by atoms with van der Waals surface area (Å²) in [5.74, 6) is 0. The van der Waals surface area contributed by atoms with E-state index in [1.807, 2.05) is 6.07 Å². The molecular weight excluding hydrogens is 276 g/mol. The van der Waals surface area contributed by atoms with Crippen LogP contribution in [0.2, 0.25) is 0 Å². The molecule has 0 fully saturated rings. The summed E-state index contributed by atoms with van der Waals surface area (Å²) in [6.07, 6.45) is 0.638. The standard InChI is InChI=1S/C14H10N2O3S/c15-9-11-4-6-14(7-5-11)20(18,19)16-13-3-1-2-12(8-13)10-17/h1-8,10,16H. The zero-order chi connectivity index (χ0) is 14.6. The largest absolute Gasteiger partial charge is 0.298 e. The SMILES string of the molecule is N#Cc1ccc(S(=O)(=O)Nc2cccc(C=O)c2)cc1. The normalized spacial score (nSPS) is 10.6. The van der Waals surface area contributed by atoms with Crippen molar-refractivity contribution in [3.63, 3.8) is 0 Å². The maximum atomic E-state index is 12.1. The smallest absolute Gasteiger partial charge is 0.261 e. The van der Waals surface area contributed by atoms with Crippen molar-refractivity contribution in [1.82, 2.24) is 0 Å². The van der Waals surface area contributed by atoms with Crippen molar-refractivity contribution in [3.05, 3.63) is 59.7 Å². The number of benzene rings is 2. The Kier molecular flexibility index (Phi) is 3.82. The van der Waals surface area contributed by atoms with Crippen molar-refractivity contribution in [2.45, 2.75) is 4.90 Å². The number of hydrogen-bond acceptors (Lipinski definition) is 4. The van der Waals surface area contributed by atoms with Crippen LogP contribution in [0.15, 0.2) is 53.4 Å². The second kappa shape index (κ2) is 5.55. The van der Waals surface area contributed by atoms with E-state index < -0.39 is 10.0 Å². The zero-order valence-electron chi connectivity index (χ0n) is 10.3. The summed E-state index contributed by atoms with van der Waals surface area (Å²) in [7, 11) is -3.74. The molecule has 0 atom stereocenters. The fourth-order valence-corrected chi connectivity index (χ4v) is 2.65. The van der Waals surface area contributed by atoms with E-state index in [1.54, 1.807) is 18.2 Å². The number of aldehydes is 1. The third kappa shape index (κ3) is 3.02. The number of carbonyl (C=O) groups excluding carboxylic acids is 1. The van der Waals surface area contributed by atoms with E-state index in [-0.39, 0.29) is 4.90 Å². The van der Waals surface area contributed by atoms with Gasteiger partial charge in [0.15, 0.2) is 0 Å². The minimum atomic E-state index is -3.74. The average molecular weight is 286 g/mol. The van der Waals surface area contributed by atoms with Gasteiger partial charge in [-0.25, -0.2) is 8.42 Å². The van der Waals surface area contributed by atoms with Gasteiger partial charge in [0.1, 0.15) is 6.29 Å². The van der Waals surface area contributed by atoms with Crippen LogP contribution in [0.1, 0.15) is 15.9 Å². The maximum absolute atomic E-state index is 12.1. The first kappa shape index (κ1) is 13.8. The Morgan fingerprint density at radius 3 is 2.40 bits per heavy atom. The van der Waals surface area contributed by atoms with Crippen molar-refractivity contribution < 1.29 is 13.2 Å². The predicted octanol–water partition coefficient (Wildman–Crippen LogP) is 2.17. The van der Waals surface area contributed by atoms with Gasteiger partial charge in [0.05, 0.1) is 16.5 Å². The molecule has 5 nitrogen and oxygen atoms in total. The first-order valence-electron chi connectivity index (χ1n) is 5.63. The lowest BCUT2D eigenvalue weighted by Gasteiger charge is -2.08. The van der Waals surface area contributed by atoms with Gasteiger partial charge >= 0.3 is 0 Å². The van der Waals surface area contributed by atoms with E-state index >= 15 is 0 Å². The molecule has 0 aliphatic rings. The van der Waals surface area contributed by atoms with Crippen molar-refractivity contribution in [2.75, 3.05) is 4.72 Å². The second-order valence-electron chi connectivity index (χ2n) is 3.98. The molecule has 1 N–H and O–H groups in total. The van der Waals surface area contributed by atoms with Crippen LogP contribution < -0.4 is 4.72 Å². The average Bonchev–Trinajstić information content (AvgIpc) is 2.47. The van der Waals surface area contributed by atoms with Crippen molar-refractivity contribution >= 4 is 22.0 Å². The molecule has 0 saturated heterocycles. The Labute approximate surface area is 116 Å². The lowest BCUT2D eigenvalue weighted by molar-refractivity contribution is 0.112. The van der Waals surface area contributed by atoms with Gasteiger partial charge in [0, 0.05) is 11.3 Å². The summed E-state index contributed by atoms with van der Waals surface area (Å²) in [6, 6.07) is 13.6. The Hall–Kier alpha value is -2.65. The maximum Gasteiger partial charge on any atom is 0.261 e. The van der Waals surface area contributed by atoms with Gasteiger partial charge < -0.3 is 0 Å². The van der Waals surface area contributed by atoms with Crippen LogP contribution in [0.25, 0.3) is 0 Å². The topological polar surface area (TPSA) is 87.0 Å². The number of hydrogen-bond donors (Lipinski definition) is 1. The summed E-state index contributed by atoms with van der Waals surface area (Å²) in [5, 5.41) is 8.68. The molecule has 20 heavy (non-hydrogen) atoms. The summed E-state index contributed by atoms with van der Waals surface area (Å²) < 4.78 is 26.6. The van der Waals surface area contributed by atoms with Crippen LogP contribution in [0.5, 0.6) is 0 Å². The Balaban J connectivity index is 2.30. The molecule has 0 spiro atoms. The molecular formula is C14H10N2O3S. The summed E-state index contributed by atoms with van der Waals surface area (Å²) in [5.41, 5.74) is 1.07. The highest BCUT2D eigenvalue weighted by Gasteiger charge is 2.14. The van der Waals surface area contributed by atoms with Crippen molar-refractivity contribution in [3.8, 4) is 6.07 Å². The molecule has 6 heteroatoms. The van der Waals surface area contributed by atoms with Crippen molar-refractivity contribution in [1.29, 1.82) is 5.26 Å². The number of rotatable bonds is 4. The van der Waals surface area contributed by atoms with Gasteiger partial charge in [-0.05, 0) is 36.4 Å². The monoisotopic (exact) mass is 286 g/mol. The van der Waals surface area contributed by atoms with Crippen LogP contribution in [-0.4, -0.2) is 14.7 Å². The van der Waals surface area contributed by atoms with Gasteiger partial charge in [-0.2, -0.15) is 5.26 Å². The molecule has 2 aromatic carbocycles. The number of sulfonamides is 1. The van der Waals surface area contributed by atoms with Gasteiger partial charge in [-0.15, -0.1) is 0 Å². The molecule has 2 rings (SSSR count). The molecule has 0 saturated carbocycles. The van der Waals surface area contributed by atoms with E-state index in [4.69, 9.17) is 5.26 Å². The summed E-state index contributed by atoms with van der Waals surface area (Å²) in [6.45, 7) is 0. The molecule has 100 valence electrons. The molecule has 0 aliphatic heterocycles. The number of carbonyl (C=O) groups is 1. The lowest BCUT2D eigenvalue weighted by atomic mass is 10.2. The Bertz CT molecular complexity index is 775. The van der Waals surface area contributed by atoms with Gasteiger partial charge in [0.25, 0.3) is 10.0 Å². The molecule has 0 unspecified atom stereocenters. The van der Waals surface area contributed by atoms with Crippen LogP contribution in [0.3, 0.4) is 0 Å². The second-order valence-corrected chi connectivity index (χ2v) is 5.67. The predicted molar refractivity (Wildman–Crippen MR) is 73.8 cm³/mol. The zero-order valence-corrected chi connectivity index (χ0v) is 11.1. The highest BCUT2D eigenvalue weighted by atomic mass is 32.2. The number of nitrogens with zero attached hydrogens (tertiary/aromatic N) is 1. The molecule has 0 radical (unpaired) electrons. The third-order valence-electron chi connectivity index (χ3n) is 2.57. The molecule has 0 aliphatic carbocycles. The fraction of sp³-hybridized carbons (Fsp3) is 0. The van der Waals surface area contributed by atoms with Crippen LogP contribution in [0, 0.1) is 11.3 Å². The molecule has 0 heterocycles. The fourth-order valence-electron chi connectivity index (χ4n) is 1.60. The quantitative estimate of drug-likeness (QED) is 0.872. The van der Waals surface area contributed by atoms with Gasteiger partial charge in [0.2, 0.25) is 0 Å². The summed E-state index contributed by atoms with van der Waals surface area (Å²) in [4.78, 5) is 10.7. The van der Waals surface area contributed by atoms with Gasteiger partial charge in [-0.3, -0.25) is 9.52 Å². The van der Waals surface area contributed by atoms with E-state index in [2.05, 4.69) is 4.72 Å². The van der Waals surface area contributed by atoms with E-state index in [0.717, 1.165) is 0 Å². The van der Waals surface area contributed by atoms with E-state index in [9.17, 15) is 13.2 Å². The number of nitrogens with one attached hydrogen (secondary N) is 1. The lowest BCUT2D eigenvalue weighted by Crippen LogP contribution is -2.13. The Morgan fingerprint density at radius 1 is 1.10 bits per heavy atom. The third-order valence-corrected chi connectivity index (χ3v) is 3.97. The van der Waals surface area contributed by atoms with Crippen LogP contribution >= 0.6 is 0 Å². The first-order chi connectivity index (χ1) is 9.55. The molecule has 0 aromatic heterocycles. The molecule has 0 bridgehead atoms. The van der Waals surface area contributed by atoms with Crippen molar-refractivity contribution in [2.24, 2.45) is 0 Å². The highest BCUT2D eigenvalue weighted by Crippen LogP contribution is 2.17. The summed E-state index contributed by atoms with van der Waals surface area (Å²) >= 11 is 0. The van der Waals surface area contributed by atoms with E-state index in [0.29, 0.717) is 23.1 Å². The highest BCUT2D eigenvalue weighted by molar-refractivity contribution is 7.92. The Morgan fingerprint density at radius 2 is 1.80 bits per heavy atom.